The SMILES string of the molecule is CCCCCCCOc1ccc(CN=C(N)OC(=O)c2ccc(C[C@H](NC(=O)c3ccc(C(C)(C)C)cc3)C(=O)OC)cc2)cc1. The molecule has 0 saturated carbocycles. The summed E-state index contributed by atoms with van der Waals surface area (Å²) >= 11 is 0. The van der Waals surface area contributed by atoms with E-state index in [1.54, 1.807) is 36.4 Å². The number of aliphatic imine (C=N–C) groups is 1. The first kappa shape index (κ1) is 35.8. The molecule has 0 aliphatic carbocycles. The standard InChI is InChI=1S/C37H47N3O6/c1-6-7-8-9-10-23-45-31-21-13-27(14-22-31)25-39-36(38)46-34(42)29-15-11-26(12-16-29)24-32(35(43)44-5)40-33(41)28-17-19-30(20-18-28)37(2,3)4/h11-22,32H,6-10,23-25H2,1-5H3,(H2,38,39)(H,40,41)/t32-/m0/s1. The molecule has 0 heterocycles. The summed E-state index contributed by atoms with van der Waals surface area (Å²) in [6.07, 6.45) is 6.10. The van der Waals surface area contributed by atoms with E-state index in [-0.39, 0.29) is 35.9 Å². The van der Waals surface area contributed by atoms with Gasteiger partial charge in [-0.05, 0) is 64.9 Å². The first-order valence-corrected chi connectivity index (χ1v) is 15.8. The maximum Gasteiger partial charge on any atom is 0.345 e. The number of amidine groups is 1. The summed E-state index contributed by atoms with van der Waals surface area (Å²) in [5.74, 6) is -0.820. The monoisotopic (exact) mass is 629 g/mol. The Hall–Kier alpha value is -4.66. The van der Waals surface area contributed by atoms with E-state index in [0.29, 0.717) is 17.7 Å². The molecule has 246 valence electrons. The van der Waals surface area contributed by atoms with Crippen LogP contribution >= 0.6 is 0 Å². The largest absolute Gasteiger partial charge is 0.494 e. The van der Waals surface area contributed by atoms with Crippen molar-refractivity contribution in [2.24, 2.45) is 10.7 Å². The zero-order valence-corrected chi connectivity index (χ0v) is 27.6. The van der Waals surface area contributed by atoms with Crippen LogP contribution in [0.25, 0.3) is 0 Å². The molecule has 0 bridgehead atoms. The molecule has 46 heavy (non-hydrogen) atoms. The number of nitrogens with two attached hydrogens (primary N) is 1. The topological polar surface area (TPSA) is 129 Å². The van der Waals surface area contributed by atoms with Gasteiger partial charge in [0.15, 0.2) is 0 Å². The second kappa shape index (κ2) is 17.7. The van der Waals surface area contributed by atoms with E-state index >= 15 is 0 Å². The van der Waals surface area contributed by atoms with Crippen molar-refractivity contribution >= 4 is 23.9 Å². The Balaban J connectivity index is 1.51. The lowest BCUT2D eigenvalue weighted by Crippen LogP contribution is -2.43. The van der Waals surface area contributed by atoms with Crippen LogP contribution in [0.2, 0.25) is 0 Å². The van der Waals surface area contributed by atoms with Crippen molar-refractivity contribution in [1.82, 2.24) is 5.32 Å². The van der Waals surface area contributed by atoms with Crippen LogP contribution in [0.3, 0.4) is 0 Å². The van der Waals surface area contributed by atoms with Gasteiger partial charge < -0.3 is 25.3 Å². The summed E-state index contributed by atoms with van der Waals surface area (Å²) in [5.41, 5.74) is 9.22. The zero-order valence-electron chi connectivity index (χ0n) is 27.6. The van der Waals surface area contributed by atoms with Crippen LogP contribution in [0.5, 0.6) is 5.75 Å². The van der Waals surface area contributed by atoms with Gasteiger partial charge in [0.2, 0.25) is 0 Å². The highest BCUT2D eigenvalue weighted by molar-refractivity contribution is 5.98. The van der Waals surface area contributed by atoms with Crippen LogP contribution in [0.15, 0.2) is 77.8 Å². The van der Waals surface area contributed by atoms with Crippen molar-refractivity contribution in [3.63, 3.8) is 0 Å². The quantitative estimate of drug-likeness (QED) is 0.0848. The highest BCUT2D eigenvalue weighted by Crippen LogP contribution is 2.22. The molecule has 9 heteroatoms. The Morgan fingerprint density at radius 2 is 1.43 bits per heavy atom. The third kappa shape index (κ3) is 11.7. The molecule has 0 fully saturated rings. The first-order valence-electron chi connectivity index (χ1n) is 15.8. The van der Waals surface area contributed by atoms with Crippen LogP contribution in [-0.4, -0.2) is 43.6 Å². The van der Waals surface area contributed by atoms with Crippen molar-refractivity contribution in [3.05, 3.63) is 101 Å². The summed E-state index contributed by atoms with van der Waals surface area (Å²) in [4.78, 5) is 42.2. The van der Waals surface area contributed by atoms with E-state index in [1.807, 2.05) is 36.4 Å². The molecule has 0 aliphatic rings. The smallest absolute Gasteiger partial charge is 0.345 e. The molecular weight excluding hydrogens is 582 g/mol. The molecule has 1 atom stereocenters. The van der Waals surface area contributed by atoms with Gasteiger partial charge in [-0.2, -0.15) is 0 Å². The maximum atomic E-state index is 12.9. The molecule has 3 rings (SSSR count). The van der Waals surface area contributed by atoms with Gasteiger partial charge in [0.1, 0.15) is 11.8 Å². The number of amides is 1. The number of carbonyl (C=O) groups excluding carboxylic acids is 3. The van der Waals surface area contributed by atoms with E-state index in [4.69, 9.17) is 19.9 Å². The third-order valence-electron chi connectivity index (χ3n) is 7.49. The molecule has 9 nitrogen and oxygen atoms in total. The Bertz CT molecular complexity index is 1440. The number of rotatable bonds is 15. The number of carbonyl (C=O) groups is 3. The predicted molar refractivity (Wildman–Crippen MR) is 180 cm³/mol. The Labute approximate surface area is 272 Å². The fourth-order valence-corrected chi connectivity index (χ4v) is 4.65. The normalized spacial score (nSPS) is 12.2. The predicted octanol–water partition coefficient (Wildman–Crippen LogP) is 6.52. The molecule has 1 amide bonds. The number of methoxy groups -OCH3 is 1. The molecular formula is C37H47N3O6. The summed E-state index contributed by atoms with van der Waals surface area (Å²) in [5, 5.41) is 2.76. The van der Waals surface area contributed by atoms with Crippen molar-refractivity contribution in [1.29, 1.82) is 0 Å². The van der Waals surface area contributed by atoms with Gasteiger partial charge >= 0.3 is 11.9 Å². The molecule has 0 spiro atoms. The molecule has 0 aliphatic heterocycles. The van der Waals surface area contributed by atoms with Crippen molar-refractivity contribution in [2.45, 2.75) is 84.2 Å². The van der Waals surface area contributed by atoms with E-state index in [9.17, 15) is 14.4 Å². The lowest BCUT2D eigenvalue weighted by molar-refractivity contribution is -0.142. The summed E-state index contributed by atoms with van der Waals surface area (Å²) in [6.45, 7) is 9.42. The van der Waals surface area contributed by atoms with E-state index in [2.05, 4.69) is 38.0 Å². The maximum absolute atomic E-state index is 12.9. The molecule has 3 aromatic carbocycles. The number of esters is 2. The number of hydrogen-bond donors (Lipinski definition) is 2. The van der Waals surface area contributed by atoms with Gasteiger partial charge in [-0.1, -0.05) is 89.8 Å². The van der Waals surface area contributed by atoms with Gasteiger partial charge in [0.25, 0.3) is 11.9 Å². The molecule has 3 N–H and O–H groups in total. The summed E-state index contributed by atoms with van der Waals surface area (Å²) in [6, 6.07) is 20.2. The average molecular weight is 630 g/mol. The van der Waals surface area contributed by atoms with Crippen LogP contribution in [-0.2, 0) is 32.6 Å². The van der Waals surface area contributed by atoms with Crippen LogP contribution in [0, 0.1) is 0 Å². The van der Waals surface area contributed by atoms with Gasteiger partial charge in [-0.25, -0.2) is 14.6 Å². The highest BCUT2D eigenvalue weighted by Gasteiger charge is 2.23. The van der Waals surface area contributed by atoms with E-state index in [1.165, 1.54) is 32.8 Å². The minimum absolute atomic E-state index is 0.0454. The first-order chi connectivity index (χ1) is 22.0. The lowest BCUT2D eigenvalue weighted by Gasteiger charge is -2.20. The highest BCUT2D eigenvalue weighted by atomic mass is 16.6. The third-order valence-corrected chi connectivity index (χ3v) is 7.49. The van der Waals surface area contributed by atoms with Crippen molar-refractivity contribution in [2.75, 3.05) is 13.7 Å². The van der Waals surface area contributed by atoms with Crippen molar-refractivity contribution < 1.29 is 28.6 Å². The molecule has 0 radical (unpaired) electrons. The summed E-state index contributed by atoms with van der Waals surface area (Å²) in [7, 11) is 1.27. The molecule has 3 aromatic rings. The number of hydrogen-bond acceptors (Lipinski definition) is 7. The zero-order chi connectivity index (χ0) is 33.5. The molecule has 0 aromatic heterocycles. The number of benzene rings is 3. The van der Waals surface area contributed by atoms with Gasteiger partial charge in [0.05, 0.1) is 25.8 Å². The fraction of sp³-hybridized carbons (Fsp3) is 0.405. The molecule has 0 saturated heterocycles. The van der Waals surface area contributed by atoms with Crippen LogP contribution in [0.1, 0.15) is 97.2 Å². The Kier molecular flexibility index (Phi) is 13.8. The number of ether oxygens (including phenoxy) is 3. The van der Waals surface area contributed by atoms with E-state index in [0.717, 1.165) is 23.3 Å². The Morgan fingerprint density at radius 3 is 2.04 bits per heavy atom. The minimum Gasteiger partial charge on any atom is -0.494 e. The average Bonchev–Trinajstić information content (AvgIpc) is 3.05. The van der Waals surface area contributed by atoms with Gasteiger partial charge in [-0.3, -0.25) is 4.79 Å². The van der Waals surface area contributed by atoms with Crippen LogP contribution < -0.4 is 15.8 Å². The number of nitrogens with one attached hydrogen (secondary N) is 1. The molecule has 0 unspecified atom stereocenters. The number of nitrogens with zero attached hydrogens (tertiary/aromatic N) is 1. The van der Waals surface area contributed by atoms with Gasteiger partial charge in [-0.15, -0.1) is 0 Å². The second-order valence-corrected chi connectivity index (χ2v) is 12.2. The van der Waals surface area contributed by atoms with E-state index < -0.39 is 18.0 Å². The lowest BCUT2D eigenvalue weighted by atomic mass is 9.86. The fourth-order valence-electron chi connectivity index (χ4n) is 4.65. The van der Waals surface area contributed by atoms with Gasteiger partial charge in [0, 0.05) is 12.0 Å². The Morgan fingerprint density at radius 1 is 0.826 bits per heavy atom. The van der Waals surface area contributed by atoms with Crippen LogP contribution in [0.4, 0.5) is 0 Å². The van der Waals surface area contributed by atoms with Crippen molar-refractivity contribution in [3.8, 4) is 5.75 Å². The minimum atomic E-state index is -0.920. The second-order valence-electron chi connectivity index (χ2n) is 12.2. The summed E-state index contributed by atoms with van der Waals surface area (Å²) < 4.78 is 15.9. The number of unbranched alkanes of at least 4 members (excludes halogenated alkanes) is 4.